The van der Waals surface area contributed by atoms with E-state index in [4.69, 9.17) is 5.73 Å². The van der Waals surface area contributed by atoms with Crippen LogP contribution < -0.4 is 16.4 Å². The summed E-state index contributed by atoms with van der Waals surface area (Å²) in [6, 6.07) is 8.09. The molecular weight excluding hydrogens is 250 g/mol. The molecule has 0 spiro atoms. The number of anilines is 2. The average Bonchev–Trinajstić information content (AvgIpc) is 2.44. The quantitative estimate of drug-likeness (QED) is 0.531. The summed E-state index contributed by atoms with van der Waals surface area (Å²) in [4.78, 5) is 0. The molecular formula is C16H29N3O. The lowest BCUT2D eigenvalue weighted by molar-refractivity contribution is 0.0344. The summed E-state index contributed by atoms with van der Waals surface area (Å²) in [5.74, 6) is 0. The Morgan fingerprint density at radius 3 is 2.25 bits per heavy atom. The predicted octanol–water partition coefficient (Wildman–Crippen LogP) is 2.80. The van der Waals surface area contributed by atoms with E-state index in [-0.39, 0.29) is 0 Å². The molecule has 0 aromatic heterocycles. The van der Waals surface area contributed by atoms with E-state index in [0.717, 1.165) is 43.6 Å². The third-order valence-corrected chi connectivity index (χ3v) is 3.39. The summed E-state index contributed by atoms with van der Waals surface area (Å²) in [6.07, 6.45) is 3.66. The number of hydrogen-bond donors (Lipinski definition) is 4. The molecule has 20 heavy (non-hydrogen) atoms. The van der Waals surface area contributed by atoms with Crippen molar-refractivity contribution in [2.45, 2.75) is 45.1 Å². The van der Waals surface area contributed by atoms with Crippen molar-refractivity contribution >= 4 is 11.4 Å². The fraction of sp³-hybridized carbons (Fsp3) is 0.625. The molecule has 0 aliphatic carbocycles. The van der Waals surface area contributed by atoms with Crippen LogP contribution in [-0.2, 0) is 0 Å². The molecule has 0 amide bonds. The fourth-order valence-corrected chi connectivity index (χ4v) is 2.45. The molecule has 114 valence electrons. The van der Waals surface area contributed by atoms with Gasteiger partial charge in [0.25, 0.3) is 0 Å². The minimum atomic E-state index is -0.607. The zero-order chi connectivity index (χ0) is 14.8. The molecule has 0 aliphatic heterocycles. The third kappa shape index (κ3) is 5.80. The van der Waals surface area contributed by atoms with Crippen molar-refractivity contribution in [1.29, 1.82) is 0 Å². The first kappa shape index (κ1) is 16.8. The van der Waals surface area contributed by atoms with Crippen LogP contribution in [-0.4, -0.2) is 30.3 Å². The number of benzene rings is 1. The monoisotopic (exact) mass is 279 g/mol. The van der Waals surface area contributed by atoms with Crippen LogP contribution in [0.3, 0.4) is 0 Å². The Hall–Kier alpha value is -1.26. The van der Waals surface area contributed by atoms with Crippen molar-refractivity contribution < 1.29 is 5.11 Å². The van der Waals surface area contributed by atoms with Gasteiger partial charge in [-0.15, -0.1) is 0 Å². The molecule has 5 N–H and O–H groups in total. The van der Waals surface area contributed by atoms with Crippen molar-refractivity contribution in [2.75, 3.05) is 30.3 Å². The highest BCUT2D eigenvalue weighted by atomic mass is 16.3. The van der Waals surface area contributed by atoms with E-state index in [1.807, 2.05) is 24.3 Å². The smallest absolute Gasteiger partial charge is 0.0819 e. The summed E-state index contributed by atoms with van der Waals surface area (Å²) >= 11 is 0. The maximum Gasteiger partial charge on any atom is 0.0819 e. The van der Waals surface area contributed by atoms with Gasteiger partial charge in [0, 0.05) is 31.0 Å². The summed E-state index contributed by atoms with van der Waals surface area (Å²) in [5, 5.41) is 17.2. The van der Waals surface area contributed by atoms with Crippen LogP contribution in [0.25, 0.3) is 0 Å². The predicted molar refractivity (Wildman–Crippen MR) is 87.2 cm³/mol. The van der Waals surface area contributed by atoms with Gasteiger partial charge in [-0.25, -0.2) is 0 Å². The SMILES string of the molecule is CCCC(O)(CCC)CNc1cccc(NCCN)c1. The second-order valence-corrected chi connectivity index (χ2v) is 5.37. The molecule has 4 nitrogen and oxygen atoms in total. The van der Waals surface area contributed by atoms with Crippen LogP contribution in [0.15, 0.2) is 24.3 Å². The number of hydrogen-bond acceptors (Lipinski definition) is 4. The maximum absolute atomic E-state index is 10.6. The minimum absolute atomic E-state index is 0.592. The first-order valence-corrected chi connectivity index (χ1v) is 7.64. The lowest BCUT2D eigenvalue weighted by Crippen LogP contribution is -2.36. The van der Waals surface area contributed by atoms with Crippen molar-refractivity contribution in [2.24, 2.45) is 5.73 Å². The van der Waals surface area contributed by atoms with E-state index >= 15 is 0 Å². The molecule has 4 heteroatoms. The Balaban J connectivity index is 2.58. The van der Waals surface area contributed by atoms with Gasteiger partial charge in [-0.1, -0.05) is 32.8 Å². The molecule has 1 aromatic carbocycles. The van der Waals surface area contributed by atoms with Crippen molar-refractivity contribution in [3.05, 3.63) is 24.3 Å². The molecule has 0 saturated heterocycles. The Morgan fingerprint density at radius 2 is 1.70 bits per heavy atom. The van der Waals surface area contributed by atoms with Crippen LogP contribution in [0.4, 0.5) is 11.4 Å². The largest absolute Gasteiger partial charge is 0.388 e. The number of rotatable bonds is 10. The molecule has 0 fully saturated rings. The van der Waals surface area contributed by atoms with E-state index in [9.17, 15) is 5.11 Å². The van der Waals surface area contributed by atoms with Gasteiger partial charge in [-0.3, -0.25) is 0 Å². The molecule has 0 aliphatic rings. The molecule has 0 saturated carbocycles. The van der Waals surface area contributed by atoms with E-state index in [0.29, 0.717) is 13.1 Å². The van der Waals surface area contributed by atoms with E-state index < -0.39 is 5.60 Å². The van der Waals surface area contributed by atoms with Crippen molar-refractivity contribution in [3.8, 4) is 0 Å². The average molecular weight is 279 g/mol. The normalized spacial score (nSPS) is 11.4. The van der Waals surface area contributed by atoms with E-state index in [1.54, 1.807) is 0 Å². The maximum atomic E-state index is 10.6. The van der Waals surface area contributed by atoms with Gasteiger partial charge in [0.05, 0.1) is 5.60 Å². The highest BCUT2D eigenvalue weighted by Gasteiger charge is 2.24. The van der Waals surface area contributed by atoms with Gasteiger partial charge in [0.1, 0.15) is 0 Å². The van der Waals surface area contributed by atoms with Gasteiger partial charge in [0.2, 0.25) is 0 Å². The highest BCUT2D eigenvalue weighted by molar-refractivity contribution is 5.56. The topological polar surface area (TPSA) is 70.3 Å². The molecule has 1 rings (SSSR count). The van der Waals surface area contributed by atoms with Gasteiger partial charge in [-0.2, -0.15) is 0 Å². The lowest BCUT2D eigenvalue weighted by atomic mass is 9.92. The molecule has 0 atom stereocenters. The Bertz CT molecular complexity index is 376. The number of nitrogens with two attached hydrogens (primary N) is 1. The van der Waals surface area contributed by atoms with Gasteiger partial charge in [0.15, 0.2) is 0 Å². The van der Waals surface area contributed by atoms with Crippen LogP contribution in [0, 0.1) is 0 Å². The first-order valence-electron chi connectivity index (χ1n) is 7.64. The zero-order valence-corrected chi connectivity index (χ0v) is 12.8. The Labute approximate surface area is 122 Å². The minimum Gasteiger partial charge on any atom is -0.388 e. The Morgan fingerprint density at radius 1 is 1.10 bits per heavy atom. The zero-order valence-electron chi connectivity index (χ0n) is 12.8. The van der Waals surface area contributed by atoms with Gasteiger partial charge in [-0.05, 0) is 31.0 Å². The van der Waals surface area contributed by atoms with Crippen molar-refractivity contribution in [3.63, 3.8) is 0 Å². The molecule has 0 heterocycles. The molecule has 1 aromatic rings. The second-order valence-electron chi connectivity index (χ2n) is 5.37. The number of aliphatic hydroxyl groups is 1. The van der Waals surface area contributed by atoms with Crippen LogP contribution in [0.1, 0.15) is 39.5 Å². The molecule has 0 radical (unpaired) electrons. The first-order chi connectivity index (χ1) is 9.63. The van der Waals surface area contributed by atoms with E-state index in [1.165, 1.54) is 0 Å². The van der Waals surface area contributed by atoms with Gasteiger partial charge >= 0.3 is 0 Å². The summed E-state index contributed by atoms with van der Waals surface area (Å²) < 4.78 is 0. The number of nitrogens with one attached hydrogen (secondary N) is 2. The Kier molecular flexibility index (Phi) is 7.41. The highest BCUT2D eigenvalue weighted by Crippen LogP contribution is 2.21. The fourth-order valence-electron chi connectivity index (χ4n) is 2.45. The van der Waals surface area contributed by atoms with Gasteiger partial charge < -0.3 is 21.5 Å². The van der Waals surface area contributed by atoms with Crippen LogP contribution >= 0.6 is 0 Å². The molecule has 0 bridgehead atoms. The standard InChI is InChI=1S/C16H29N3O/c1-3-8-16(20,9-4-2)13-19-15-7-5-6-14(12-15)18-11-10-17/h5-7,12,18-20H,3-4,8-11,13,17H2,1-2H3. The third-order valence-electron chi connectivity index (χ3n) is 3.39. The summed E-state index contributed by atoms with van der Waals surface area (Å²) in [6.45, 7) is 6.19. The van der Waals surface area contributed by atoms with E-state index in [2.05, 4.69) is 24.5 Å². The lowest BCUT2D eigenvalue weighted by Gasteiger charge is -2.28. The molecule has 0 unspecified atom stereocenters. The van der Waals surface area contributed by atoms with Crippen LogP contribution in [0.2, 0.25) is 0 Å². The summed E-state index contributed by atoms with van der Waals surface area (Å²) in [7, 11) is 0. The van der Waals surface area contributed by atoms with Crippen LogP contribution in [0.5, 0.6) is 0 Å². The summed E-state index contributed by atoms with van der Waals surface area (Å²) in [5.41, 5.74) is 6.96. The second kappa shape index (κ2) is 8.82. The van der Waals surface area contributed by atoms with Crippen molar-refractivity contribution in [1.82, 2.24) is 0 Å².